The first kappa shape index (κ1) is 20.6. The predicted molar refractivity (Wildman–Crippen MR) is 127 cm³/mol. The summed E-state index contributed by atoms with van der Waals surface area (Å²) < 4.78 is 9.36. The molecular formula is C26H23N5O2. The molecule has 5 rings (SSSR count). The molecule has 0 fully saturated rings. The summed E-state index contributed by atoms with van der Waals surface area (Å²) >= 11 is 0. The highest BCUT2D eigenvalue weighted by Gasteiger charge is 2.19. The molecule has 164 valence electrons. The lowest BCUT2D eigenvalue weighted by Crippen LogP contribution is -2.23. The van der Waals surface area contributed by atoms with E-state index in [4.69, 9.17) is 9.84 Å². The van der Waals surface area contributed by atoms with Crippen LogP contribution in [-0.4, -0.2) is 24.4 Å². The molecule has 4 aromatic heterocycles. The van der Waals surface area contributed by atoms with E-state index in [1.54, 1.807) is 24.5 Å². The Kier molecular flexibility index (Phi) is 5.44. The van der Waals surface area contributed by atoms with Gasteiger partial charge in [0.1, 0.15) is 18.1 Å². The number of fused-ring (bicyclic) bond motifs is 1. The Morgan fingerprint density at radius 3 is 2.48 bits per heavy atom. The van der Waals surface area contributed by atoms with Crippen LogP contribution in [0.3, 0.4) is 0 Å². The molecule has 4 heterocycles. The molecule has 0 unspecified atom stereocenters. The van der Waals surface area contributed by atoms with Gasteiger partial charge in [-0.25, -0.2) is 9.20 Å². The summed E-state index contributed by atoms with van der Waals surface area (Å²) in [5, 5.41) is 9.52. The fourth-order valence-corrected chi connectivity index (χ4v) is 3.74. The highest BCUT2D eigenvalue weighted by molar-refractivity contribution is 5.91. The van der Waals surface area contributed by atoms with Crippen molar-refractivity contribution in [3.05, 3.63) is 101 Å². The molecule has 7 nitrogen and oxygen atoms in total. The van der Waals surface area contributed by atoms with Gasteiger partial charge in [-0.2, -0.15) is 10.2 Å². The third-order valence-electron chi connectivity index (χ3n) is 5.38. The summed E-state index contributed by atoms with van der Waals surface area (Å²) in [4.78, 5) is 16.4. The summed E-state index contributed by atoms with van der Waals surface area (Å²) in [7, 11) is 0. The molecule has 0 radical (unpaired) electrons. The quantitative estimate of drug-likeness (QED) is 0.382. The van der Waals surface area contributed by atoms with Crippen molar-refractivity contribution in [1.29, 1.82) is 0 Å². The van der Waals surface area contributed by atoms with E-state index in [1.807, 2.05) is 79.2 Å². The van der Waals surface area contributed by atoms with Gasteiger partial charge in [0, 0.05) is 36.3 Å². The van der Waals surface area contributed by atoms with E-state index >= 15 is 0 Å². The fraction of sp³-hybridized carbons (Fsp3) is 0.154. The van der Waals surface area contributed by atoms with Crippen molar-refractivity contribution < 1.29 is 4.74 Å². The Bertz CT molecular complexity index is 1460. The first-order valence-corrected chi connectivity index (χ1v) is 10.8. The van der Waals surface area contributed by atoms with Gasteiger partial charge in [0.15, 0.2) is 0 Å². The van der Waals surface area contributed by atoms with E-state index < -0.39 is 0 Å². The van der Waals surface area contributed by atoms with Gasteiger partial charge in [0.2, 0.25) is 0 Å². The van der Waals surface area contributed by atoms with Gasteiger partial charge in [0.25, 0.3) is 5.56 Å². The molecule has 0 atom stereocenters. The maximum absolute atomic E-state index is 12.3. The standard InChI is InChI=1S/C26H23N5O2/c1-18(2)31-24(32)9-8-22(28-31)25-23-16-21(33-17-19-10-13-27-14-11-19)12-15-30(23)29-26(25)20-6-4-3-5-7-20/h3-16,18H,17H2,1-2H3. The molecule has 0 N–H and O–H groups in total. The van der Waals surface area contributed by atoms with Gasteiger partial charge in [-0.05, 0) is 43.7 Å². The minimum absolute atomic E-state index is 0.0567. The SMILES string of the molecule is CC(C)n1nc(-c2c(-c3ccccc3)nn3ccc(OCc4ccncc4)cc23)ccc1=O. The van der Waals surface area contributed by atoms with Crippen molar-refractivity contribution >= 4 is 5.52 Å². The highest BCUT2D eigenvalue weighted by Crippen LogP contribution is 2.35. The zero-order valence-corrected chi connectivity index (χ0v) is 18.4. The number of ether oxygens (including phenoxy) is 1. The van der Waals surface area contributed by atoms with Crippen molar-refractivity contribution in [3.63, 3.8) is 0 Å². The summed E-state index contributed by atoms with van der Waals surface area (Å²) in [6.07, 6.45) is 5.38. The van der Waals surface area contributed by atoms with Crippen molar-refractivity contribution in [2.75, 3.05) is 0 Å². The van der Waals surface area contributed by atoms with Gasteiger partial charge in [-0.1, -0.05) is 30.3 Å². The Hall–Kier alpha value is -4.26. The maximum Gasteiger partial charge on any atom is 0.267 e. The number of pyridine rings is 2. The minimum Gasteiger partial charge on any atom is -0.489 e. The van der Waals surface area contributed by atoms with Crippen LogP contribution >= 0.6 is 0 Å². The normalized spacial score (nSPS) is 11.2. The first-order chi connectivity index (χ1) is 16.1. The number of benzene rings is 1. The highest BCUT2D eigenvalue weighted by atomic mass is 16.5. The van der Waals surface area contributed by atoms with Gasteiger partial charge >= 0.3 is 0 Å². The number of rotatable bonds is 6. The number of aromatic nitrogens is 5. The number of nitrogens with zero attached hydrogens (tertiary/aromatic N) is 5. The molecular weight excluding hydrogens is 414 g/mol. The van der Waals surface area contributed by atoms with Gasteiger partial charge in [0.05, 0.1) is 22.8 Å². The lowest BCUT2D eigenvalue weighted by Gasteiger charge is -2.11. The third kappa shape index (κ3) is 4.13. The number of hydrogen-bond acceptors (Lipinski definition) is 5. The molecule has 5 aromatic rings. The first-order valence-electron chi connectivity index (χ1n) is 10.8. The zero-order chi connectivity index (χ0) is 22.8. The molecule has 0 spiro atoms. The Labute approximate surface area is 190 Å². The van der Waals surface area contributed by atoms with Crippen LogP contribution < -0.4 is 10.3 Å². The van der Waals surface area contributed by atoms with E-state index in [-0.39, 0.29) is 11.6 Å². The van der Waals surface area contributed by atoms with E-state index in [0.29, 0.717) is 12.3 Å². The fourth-order valence-electron chi connectivity index (χ4n) is 3.74. The molecule has 0 saturated heterocycles. The Morgan fingerprint density at radius 2 is 1.73 bits per heavy atom. The monoisotopic (exact) mass is 437 g/mol. The predicted octanol–water partition coefficient (Wildman–Crippen LogP) is 4.78. The lowest BCUT2D eigenvalue weighted by atomic mass is 10.0. The minimum atomic E-state index is -0.132. The molecule has 7 heteroatoms. The molecule has 0 aliphatic heterocycles. The molecule has 33 heavy (non-hydrogen) atoms. The molecule has 0 aliphatic rings. The van der Waals surface area contributed by atoms with Gasteiger partial charge < -0.3 is 4.74 Å². The van der Waals surface area contributed by atoms with Crippen LogP contribution in [0.2, 0.25) is 0 Å². The van der Waals surface area contributed by atoms with Crippen molar-refractivity contribution in [3.8, 4) is 28.3 Å². The van der Waals surface area contributed by atoms with Crippen molar-refractivity contribution in [2.45, 2.75) is 26.5 Å². The van der Waals surface area contributed by atoms with Crippen molar-refractivity contribution in [1.82, 2.24) is 24.4 Å². The van der Waals surface area contributed by atoms with Crippen LogP contribution in [0.4, 0.5) is 0 Å². The van der Waals surface area contributed by atoms with E-state index in [0.717, 1.165) is 33.7 Å². The average molecular weight is 438 g/mol. The summed E-state index contributed by atoms with van der Waals surface area (Å²) in [6, 6.07) is 20.9. The lowest BCUT2D eigenvalue weighted by molar-refractivity contribution is 0.306. The second kappa shape index (κ2) is 8.70. The topological polar surface area (TPSA) is 74.3 Å². The summed E-state index contributed by atoms with van der Waals surface area (Å²) in [5.41, 5.74) is 5.06. The van der Waals surface area contributed by atoms with Crippen LogP contribution in [0.25, 0.3) is 28.0 Å². The molecule has 0 saturated carbocycles. The van der Waals surface area contributed by atoms with Crippen LogP contribution in [-0.2, 0) is 6.61 Å². The second-order valence-electron chi connectivity index (χ2n) is 8.02. The van der Waals surface area contributed by atoms with E-state index in [2.05, 4.69) is 10.1 Å². The van der Waals surface area contributed by atoms with Gasteiger partial charge in [-0.3, -0.25) is 9.78 Å². The molecule has 0 amide bonds. The summed E-state index contributed by atoms with van der Waals surface area (Å²) in [6.45, 7) is 4.32. The molecule has 0 aliphatic carbocycles. The van der Waals surface area contributed by atoms with E-state index in [9.17, 15) is 4.79 Å². The zero-order valence-electron chi connectivity index (χ0n) is 18.4. The number of hydrogen-bond donors (Lipinski definition) is 0. The van der Waals surface area contributed by atoms with E-state index in [1.165, 1.54) is 4.68 Å². The second-order valence-corrected chi connectivity index (χ2v) is 8.02. The van der Waals surface area contributed by atoms with Crippen molar-refractivity contribution in [2.24, 2.45) is 0 Å². The molecule has 1 aromatic carbocycles. The third-order valence-corrected chi connectivity index (χ3v) is 5.38. The Balaban J connectivity index is 1.65. The largest absolute Gasteiger partial charge is 0.489 e. The van der Waals surface area contributed by atoms with Crippen LogP contribution in [0.15, 0.2) is 90.1 Å². The smallest absolute Gasteiger partial charge is 0.267 e. The van der Waals surface area contributed by atoms with Crippen LogP contribution in [0.5, 0.6) is 5.75 Å². The average Bonchev–Trinajstić information content (AvgIpc) is 3.23. The Morgan fingerprint density at radius 1 is 0.939 bits per heavy atom. The van der Waals surface area contributed by atoms with Crippen LogP contribution in [0, 0.1) is 0 Å². The maximum atomic E-state index is 12.3. The molecule has 0 bridgehead atoms. The summed E-state index contributed by atoms with van der Waals surface area (Å²) in [5.74, 6) is 0.720. The van der Waals surface area contributed by atoms with Gasteiger partial charge in [-0.15, -0.1) is 0 Å². The van der Waals surface area contributed by atoms with Crippen LogP contribution in [0.1, 0.15) is 25.5 Å².